The van der Waals surface area contributed by atoms with Gasteiger partial charge in [0.25, 0.3) is 0 Å². The highest BCUT2D eigenvalue weighted by Gasteiger charge is 2.11. The number of benzene rings is 2. The van der Waals surface area contributed by atoms with Gasteiger partial charge in [0.15, 0.2) is 0 Å². The first-order valence-electron chi connectivity index (χ1n) is 15.7. The summed E-state index contributed by atoms with van der Waals surface area (Å²) in [5.74, 6) is 0. The topological polar surface area (TPSA) is 66.6 Å². The summed E-state index contributed by atoms with van der Waals surface area (Å²) in [5, 5.41) is 14.4. The van der Waals surface area contributed by atoms with Crippen molar-refractivity contribution >= 4 is 11.4 Å². The van der Waals surface area contributed by atoms with Crippen LogP contribution in [0.25, 0.3) is 0 Å². The molecule has 2 aliphatic rings. The molecule has 2 aromatic rings. The molecule has 0 heterocycles. The van der Waals surface area contributed by atoms with E-state index in [9.17, 15) is 0 Å². The second-order valence-corrected chi connectivity index (χ2v) is 11.3. The summed E-state index contributed by atoms with van der Waals surface area (Å²) in [4.78, 5) is 0. The number of para-hydroxylation sites is 2. The predicted octanol–water partition coefficient (Wildman–Crippen LogP) is 7.19. The Morgan fingerprint density at radius 2 is 1.05 bits per heavy atom. The van der Waals surface area contributed by atoms with E-state index in [-0.39, 0.29) is 0 Å². The molecule has 4 rings (SSSR count). The van der Waals surface area contributed by atoms with Crippen LogP contribution in [-0.2, 0) is 9.47 Å². The molecule has 0 aliphatic heterocycles. The van der Waals surface area contributed by atoms with E-state index in [4.69, 9.17) is 9.47 Å². The van der Waals surface area contributed by atoms with Crippen LogP contribution >= 0.6 is 0 Å². The van der Waals surface area contributed by atoms with Crippen LogP contribution in [0.4, 0.5) is 11.4 Å². The van der Waals surface area contributed by atoms with Gasteiger partial charge in [0.2, 0.25) is 0 Å². The van der Waals surface area contributed by atoms with Crippen molar-refractivity contribution in [2.24, 2.45) is 0 Å². The van der Waals surface area contributed by atoms with E-state index in [0.29, 0.717) is 37.4 Å². The fourth-order valence-corrected chi connectivity index (χ4v) is 5.18. The average molecular weight is 571 g/mol. The normalized spacial score (nSPS) is 19.4. The third-order valence-electron chi connectivity index (χ3n) is 7.50. The number of hydrogen-bond donors (Lipinski definition) is 4. The standard InChI is InChI=1S/C36H50N4O2/c1-29(37-33-17-21-35(22-18-33)39-31-13-5-3-6-14-31)11-9-25-41-27-28-42-26-10-12-30(2)38-34-19-23-36(24-20-34)40-32-15-7-4-8-16-32/h3-8,13-21,23,29-30,35-40H,9-12,22,24-28H2,1-2H3. The lowest BCUT2D eigenvalue weighted by Crippen LogP contribution is -2.27. The zero-order valence-corrected chi connectivity index (χ0v) is 25.4. The van der Waals surface area contributed by atoms with Crippen molar-refractivity contribution in [1.29, 1.82) is 0 Å². The van der Waals surface area contributed by atoms with Crippen molar-refractivity contribution in [1.82, 2.24) is 10.6 Å². The molecule has 2 aliphatic carbocycles. The van der Waals surface area contributed by atoms with Crippen LogP contribution in [0.3, 0.4) is 0 Å². The molecule has 6 heteroatoms. The zero-order chi connectivity index (χ0) is 29.2. The summed E-state index contributed by atoms with van der Waals surface area (Å²) in [7, 11) is 0. The Morgan fingerprint density at radius 3 is 1.43 bits per heavy atom. The number of rotatable bonds is 19. The van der Waals surface area contributed by atoms with Crippen molar-refractivity contribution < 1.29 is 9.47 Å². The highest BCUT2D eigenvalue weighted by molar-refractivity contribution is 5.46. The van der Waals surface area contributed by atoms with Gasteiger partial charge in [-0.3, -0.25) is 0 Å². The first kappa shape index (κ1) is 31.5. The highest BCUT2D eigenvalue weighted by atomic mass is 16.5. The van der Waals surface area contributed by atoms with Gasteiger partial charge in [-0.1, -0.05) is 60.7 Å². The molecule has 4 N–H and O–H groups in total. The molecular weight excluding hydrogens is 520 g/mol. The number of nitrogens with one attached hydrogen (secondary N) is 4. The molecule has 0 aromatic heterocycles. The maximum atomic E-state index is 5.80. The van der Waals surface area contributed by atoms with Crippen LogP contribution in [0, 0.1) is 0 Å². The van der Waals surface area contributed by atoms with Gasteiger partial charge in [-0.15, -0.1) is 0 Å². The Hall–Kier alpha value is -3.48. The summed E-state index contributed by atoms with van der Waals surface area (Å²) >= 11 is 0. The minimum Gasteiger partial charge on any atom is -0.383 e. The van der Waals surface area contributed by atoms with E-state index in [1.807, 2.05) is 12.1 Å². The van der Waals surface area contributed by atoms with E-state index in [1.54, 1.807) is 0 Å². The van der Waals surface area contributed by atoms with Crippen molar-refractivity contribution in [2.75, 3.05) is 37.1 Å². The number of anilines is 2. The second kappa shape index (κ2) is 18.1. The van der Waals surface area contributed by atoms with Gasteiger partial charge >= 0.3 is 0 Å². The van der Waals surface area contributed by atoms with Crippen molar-refractivity contribution in [2.45, 2.75) is 76.5 Å². The average Bonchev–Trinajstić information content (AvgIpc) is 3.01. The smallest absolute Gasteiger partial charge is 0.0700 e. The minimum atomic E-state index is 0.345. The Kier molecular flexibility index (Phi) is 13.6. The molecule has 42 heavy (non-hydrogen) atoms. The molecule has 2 aromatic carbocycles. The van der Waals surface area contributed by atoms with Crippen LogP contribution in [-0.4, -0.2) is 50.6 Å². The van der Waals surface area contributed by atoms with Gasteiger partial charge in [-0.05, 0) is 88.8 Å². The van der Waals surface area contributed by atoms with E-state index in [0.717, 1.165) is 63.1 Å². The molecule has 4 atom stereocenters. The van der Waals surface area contributed by atoms with Crippen LogP contribution in [0.2, 0.25) is 0 Å². The SMILES string of the molecule is CC(CCCOCCOCCCC(C)NC1=CCC(Nc2ccccc2)C=C1)NC1=CCC(Nc2ccccc2)C=C1. The van der Waals surface area contributed by atoms with Crippen LogP contribution in [0.1, 0.15) is 52.4 Å². The van der Waals surface area contributed by atoms with E-state index in [1.165, 1.54) is 11.4 Å². The molecule has 0 fully saturated rings. The molecule has 0 radical (unpaired) electrons. The molecule has 0 saturated carbocycles. The third kappa shape index (κ3) is 12.2. The number of ether oxygens (including phenoxy) is 2. The molecule has 6 nitrogen and oxygen atoms in total. The lowest BCUT2D eigenvalue weighted by molar-refractivity contribution is 0.0442. The fraction of sp³-hybridized carbons (Fsp3) is 0.444. The maximum Gasteiger partial charge on any atom is 0.0700 e. The summed E-state index contributed by atoms with van der Waals surface area (Å²) in [6, 6.07) is 22.3. The van der Waals surface area contributed by atoms with Crippen LogP contribution in [0.15, 0.2) is 109 Å². The van der Waals surface area contributed by atoms with Crippen molar-refractivity contribution in [3.63, 3.8) is 0 Å². The highest BCUT2D eigenvalue weighted by Crippen LogP contribution is 2.17. The third-order valence-corrected chi connectivity index (χ3v) is 7.50. The van der Waals surface area contributed by atoms with Gasteiger partial charge in [0.05, 0.1) is 13.2 Å². The minimum absolute atomic E-state index is 0.345. The molecule has 0 bridgehead atoms. The van der Waals surface area contributed by atoms with Gasteiger partial charge in [-0.2, -0.15) is 0 Å². The monoisotopic (exact) mass is 570 g/mol. The zero-order valence-electron chi connectivity index (χ0n) is 25.4. The van der Waals surface area contributed by atoms with E-state index < -0.39 is 0 Å². The molecular formula is C36H50N4O2. The van der Waals surface area contributed by atoms with Crippen LogP contribution in [0.5, 0.6) is 0 Å². The number of hydrogen-bond acceptors (Lipinski definition) is 6. The van der Waals surface area contributed by atoms with Crippen molar-refractivity contribution in [3.05, 3.63) is 109 Å². The summed E-state index contributed by atoms with van der Waals surface area (Å²) in [6.45, 7) is 7.35. The van der Waals surface area contributed by atoms with Crippen LogP contribution < -0.4 is 21.3 Å². The van der Waals surface area contributed by atoms with Gasteiger partial charge in [0, 0.05) is 60.1 Å². The van der Waals surface area contributed by atoms with E-state index >= 15 is 0 Å². The molecule has 226 valence electrons. The first-order valence-corrected chi connectivity index (χ1v) is 15.7. The molecule has 0 saturated heterocycles. The van der Waals surface area contributed by atoms with E-state index in [2.05, 4.69) is 120 Å². The Morgan fingerprint density at radius 1 is 0.619 bits per heavy atom. The Bertz CT molecular complexity index is 1050. The van der Waals surface area contributed by atoms with Gasteiger partial charge < -0.3 is 30.7 Å². The quantitative estimate of drug-likeness (QED) is 0.134. The molecule has 4 unspecified atom stereocenters. The lowest BCUT2D eigenvalue weighted by atomic mass is 10.1. The Labute approximate surface area is 253 Å². The summed E-state index contributed by atoms with van der Waals surface area (Å²) < 4.78 is 11.6. The lowest BCUT2D eigenvalue weighted by Gasteiger charge is -2.22. The van der Waals surface area contributed by atoms with Gasteiger partial charge in [-0.25, -0.2) is 0 Å². The largest absolute Gasteiger partial charge is 0.383 e. The number of allylic oxidation sites excluding steroid dienone is 2. The predicted molar refractivity (Wildman–Crippen MR) is 177 cm³/mol. The summed E-state index contributed by atoms with van der Waals surface area (Å²) in [6.07, 6.45) is 19.7. The first-order chi connectivity index (χ1) is 20.6. The molecule has 0 amide bonds. The Balaban J connectivity index is 0.939. The van der Waals surface area contributed by atoms with Crippen molar-refractivity contribution in [3.8, 4) is 0 Å². The fourth-order valence-electron chi connectivity index (χ4n) is 5.18. The molecule has 0 spiro atoms. The van der Waals surface area contributed by atoms with Gasteiger partial charge in [0.1, 0.15) is 0 Å². The second-order valence-electron chi connectivity index (χ2n) is 11.3. The maximum absolute atomic E-state index is 5.80. The summed E-state index contributed by atoms with van der Waals surface area (Å²) in [5.41, 5.74) is 4.75.